The van der Waals surface area contributed by atoms with Crippen LogP contribution in [0.3, 0.4) is 0 Å². The molecule has 2 N–H and O–H groups in total. The van der Waals surface area contributed by atoms with Crippen molar-refractivity contribution in [3.05, 3.63) is 29.8 Å². The Morgan fingerprint density at radius 2 is 1.92 bits per heavy atom. The molecule has 1 aliphatic heterocycles. The SMILES string of the molecule is CN=C(NCCNC(=O)C1CC1)N1CCC(c2ccc(OC)cc2)C1. The molecule has 1 atom stereocenters. The average molecular weight is 344 g/mol. The van der Waals surface area contributed by atoms with Gasteiger partial charge in [-0.25, -0.2) is 0 Å². The lowest BCUT2D eigenvalue weighted by atomic mass is 9.98. The van der Waals surface area contributed by atoms with E-state index in [0.29, 0.717) is 19.0 Å². The predicted octanol–water partition coefficient (Wildman–Crippen LogP) is 1.59. The van der Waals surface area contributed by atoms with E-state index in [1.165, 1.54) is 5.56 Å². The van der Waals surface area contributed by atoms with Gasteiger partial charge < -0.3 is 20.3 Å². The quantitative estimate of drug-likeness (QED) is 0.467. The van der Waals surface area contributed by atoms with Crippen LogP contribution in [0.4, 0.5) is 0 Å². The number of hydrogen-bond acceptors (Lipinski definition) is 3. The Hall–Kier alpha value is -2.24. The van der Waals surface area contributed by atoms with Crippen molar-refractivity contribution in [3.63, 3.8) is 0 Å². The lowest BCUT2D eigenvalue weighted by Crippen LogP contribution is -2.43. The maximum atomic E-state index is 11.6. The molecular weight excluding hydrogens is 316 g/mol. The van der Waals surface area contributed by atoms with Crippen LogP contribution in [0.2, 0.25) is 0 Å². The van der Waals surface area contributed by atoms with Crippen LogP contribution in [-0.2, 0) is 4.79 Å². The molecule has 2 aliphatic rings. The van der Waals surface area contributed by atoms with Crippen molar-refractivity contribution in [1.82, 2.24) is 15.5 Å². The zero-order valence-corrected chi connectivity index (χ0v) is 15.1. The third-order valence-electron chi connectivity index (χ3n) is 4.94. The number of carbonyl (C=O) groups excluding carboxylic acids is 1. The number of ether oxygens (including phenoxy) is 1. The maximum Gasteiger partial charge on any atom is 0.223 e. The summed E-state index contributed by atoms with van der Waals surface area (Å²) >= 11 is 0. The number of guanidine groups is 1. The van der Waals surface area contributed by atoms with Crippen LogP contribution in [0.25, 0.3) is 0 Å². The summed E-state index contributed by atoms with van der Waals surface area (Å²) in [6, 6.07) is 8.34. The minimum atomic E-state index is 0.192. The molecular formula is C19H28N4O2. The van der Waals surface area contributed by atoms with Gasteiger partial charge in [-0.1, -0.05) is 12.1 Å². The number of aliphatic imine (C=N–C) groups is 1. The Morgan fingerprint density at radius 1 is 1.20 bits per heavy atom. The number of nitrogens with one attached hydrogen (secondary N) is 2. The summed E-state index contributed by atoms with van der Waals surface area (Å²) in [7, 11) is 3.50. The van der Waals surface area contributed by atoms with Crippen LogP contribution in [0, 0.1) is 5.92 Å². The molecule has 6 heteroatoms. The minimum absolute atomic E-state index is 0.192. The standard InChI is InChI=1S/C19H28N4O2/c1-20-19(22-11-10-21-18(24)15-3-4-15)23-12-9-16(13-23)14-5-7-17(25-2)8-6-14/h5-8,15-16H,3-4,9-13H2,1-2H3,(H,20,22)(H,21,24). The predicted molar refractivity (Wildman–Crippen MR) is 99.0 cm³/mol. The largest absolute Gasteiger partial charge is 0.497 e. The number of methoxy groups -OCH3 is 1. The molecule has 1 aromatic carbocycles. The van der Waals surface area contributed by atoms with Gasteiger partial charge in [-0.3, -0.25) is 9.79 Å². The summed E-state index contributed by atoms with van der Waals surface area (Å²) in [4.78, 5) is 18.3. The van der Waals surface area contributed by atoms with Crippen molar-refractivity contribution in [1.29, 1.82) is 0 Å². The van der Waals surface area contributed by atoms with E-state index < -0.39 is 0 Å². The van der Waals surface area contributed by atoms with Gasteiger partial charge in [0.1, 0.15) is 5.75 Å². The number of rotatable bonds is 6. The van der Waals surface area contributed by atoms with E-state index in [4.69, 9.17) is 4.74 Å². The summed E-state index contributed by atoms with van der Waals surface area (Å²) in [5.41, 5.74) is 1.34. The number of carbonyl (C=O) groups is 1. The molecule has 25 heavy (non-hydrogen) atoms. The summed E-state index contributed by atoms with van der Waals surface area (Å²) < 4.78 is 5.23. The Balaban J connectivity index is 1.44. The van der Waals surface area contributed by atoms with Gasteiger partial charge in [0.15, 0.2) is 5.96 Å². The van der Waals surface area contributed by atoms with Crippen LogP contribution in [0.1, 0.15) is 30.7 Å². The topological polar surface area (TPSA) is 66.0 Å². The van der Waals surface area contributed by atoms with Gasteiger partial charge in [0.05, 0.1) is 7.11 Å². The molecule has 1 aromatic rings. The van der Waals surface area contributed by atoms with Gasteiger partial charge in [0, 0.05) is 45.1 Å². The molecule has 3 rings (SSSR count). The second-order valence-electron chi connectivity index (χ2n) is 6.74. The Kier molecular flexibility index (Phi) is 5.79. The maximum absolute atomic E-state index is 11.6. The monoisotopic (exact) mass is 344 g/mol. The van der Waals surface area contributed by atoms with Gasteiger partial charge >= 0.3 is 0 Å². The number of amides is 1. The fourth-order valence-electron chi connectivity index (χ4n) is 3.28. The van der Waals surface area contributed by atoms with Crippen LogP contribution in [-0.4, -0.2) is 57.1 Å². The fourth-order valence-corrected chi connectivity index (χ4v) is 3.28. The van der Waals surface area contributed by atoms with Crippen molar-refractivity contribution in [2.45, 2.75) is 25.2 Å². The van der Waals surface area contributed by atoms with Crippen molar-refractivity contribution in [3.8, 4) is 5.75 Å². The molecule has 136 valence electrons. The smallest absolute Gasteiger partial charge is 0.223 e. The Labute approximate surface area is 149 Å². The van der Waals surface area contributed by atoms with E-state index in [-0.39, 0.29) is 11.8 Å². The van der Waals surface area contributed by atoms with Gasteiger partial charge in [0.2, 0.25) is 5.91 Å². The van der Waals surface area contributed by atoms with E-state index in [1.807, 2.05) is 19.2 Å². The molecule has 2 fully saturated rings. The highest BCUT2D eigenvalue weighted by atomic mass is 16.5. The highest BCUT2D eigenvalue weighted by molar-refractivity contribution is 5.81. The second kappa shape index (κ2) is 8.23. The molecule has 1 unspecified atom stereocenters. The van der Waals surface area contributed by atoms with Crippen molar-refractivity contribution < 1.29 is 9.53 Å². The lowest BCUT2D eigenvalue weighted by Gasteiger charge is -2.22. The van der Waals surface area contributed by atoms with E-state index >= 15 is 0 Å². The number of benzene rings is 1. The van der Waals surface area contributed by atoms with E-state index in [0.717, 1.165) is 44.1 Å². The first-order chi connectivity index (χ1) is 12.2. The number of likely N-dealkylation sites (tertiary alicyclic amines) is 1. The summed E-state index contributed by atoms with van der Waals surface area (Å²) in [6.45, 7) is 3.30. The molecule has 0 bridgehead atoms. The van der Waals surface area contributed by atoms with Crippen LogP contribution >= 0.6 is 0 Å². The Bertz CT molecular complexity index is 610. The molecule has 0 spiro atoms. The fraction of sp³-hybridized carbons (Fsp3) is 0.579. The van der Waals surface area contributed by atoms with Crippen LogP contribution < -0.4 is 15.4 Å². The molecule has 1 aliphatic carbocycles. The zero-order valence-electron chi connectivity index (χ0n) is 15.1. The molecule has 1 heterocycles. The third-order valence-corrected chi connectivity index (χ3v) is 4.94. The van der Waals surface area contributed by atoms with Gasteiger partial charge in [-0.05, 0) is 37.0 Å². The van der Waals surface area contributed by atoms with E-state index in [2.05, 4.69) is 32.7 Å². The summed E-state index contributed by atoms with van der Waals surface area (Å²) in [6.07, 6.45) is 3.20. The van der Waals surface area contributed by atoms with Gasteiger partial charge in [-0.15, -0.1) is 0 Å². The molecule has 0 radical (unpaired) electrons. The third kappa shape index (κ3) is 4.65. The van der Waals surface area contributed by atoms with Crippen LogP contribution in [0.5, 0.6) is 5.75 Å². The highest BCUT2D eigenvalue weighted by Gasteiger charge is 2.29. The highest BCUT2D eigenvalue weighted by Crippen LogP contribution is 2.29. The Morgan fingerprint density at radius 3 is 2.56 bits per heavy atom. The molecule has 0 aromatic heterocycles. The van der Waals surface area contributed by atoms with Gasteiger partial charge in [-0.2, -0.15) is 0 Å². The summed E-state index contributed by atoms with van der Waals surface area (Å²) in [5, 5.41) is 6.33. The first-order valence-electron chi connectivity index (χ1n) is 9.08. The number of nitrogens with zero attached hydrogens (tertiary/aromatic N) is 2. The average Bonchev–Trinajstić information content (AvgIpc) is 3.39. The zero-order chi connectivity index (χ0) is 17.6. The van der Waals surface area contributed by atoms with Gasteiger partial charge in [0.25, 0.3) is 0 Å². The molecule has 6 nitrogen and oxygen atoms in total. The number of hydrogen-bond donors (Lipinski definition) is 2. The normalized spacial score (nSPS) is 20.5. The second-order valence-corrected chi connectivity index (χ2v) is 6.74. The van der Waals surface area contributed by atoms with Crippen LogP contribution in [0.15, 0.2) is 29.3 Å². The summed E-state index contributed by atoms with van der Waals surface area (Å²) in [5.74, 6) is 2.78. The van der Waals surface area contributed by atoms with Crippen molar-refractivity contribution >= 4 is 11.9 Å². The lowest BCUT2D eigenvalue weighted by molar-refractivity contribution is -0.122. The van der Waals surface area contributed by atoms with E-state index in [1.54, 1.807) is 7.11 Å². The molecule has 1 saturated heterocycles. The minimum Gasteiger partial charge on any atom is -0.497 e. The van der Waals surface area contributed by atoms with Crippen molar-refractivity contribution in [2.24, 2.45) is 10.9 Å². The first-order valence-corrected chi connectivity index (χ1v) is 9.08. The molecule has 1 saturated carbocycles. The first kappa shape index (κ1) is 17.6. The van der Waals surface area contributed by atoms with E-state index in [9.17, 15) is 4.79 Å². The van der Waals surface area contributed by atoms with Crippen molar-refractivity contribution in [2.75, 3.05) is 40.3 Å². The molecule has 1 amide bonds.